The Bertz CT molecular complexity index is 287. The van der Waals surface area contributed by atoms with E-state index >= 15 is 0 Å². The van der Waals surface area contributed by atoms with E-state index in [-0.39, 0.29) is 0 Å². The molecular weight excluding hydrogens is 164 g/mol. The van der Waals surface area contributed by atoms with E-state index in [0.717, 1.165) is 13.0 Å². The topological polar surface area (TPSA) is 55.7 Å². The Kier molecular flexibility index (Phi) is 1.71. The Labute approximate surface area is 68.3 Å². The average Bonchev–Trinajstić information content (AvgIpc) is 2.55. The van der Waals surface area contributed by atoms with E-state index in [1.807, 2.05) is 0 Å². The Morgan fingerprint density at radius 1 is 1.73 bits per heavy atom. The summed E-state index contributed by atoms with van der Waals surface area (Å²) in [4.78, 5) is 0. The predicted molar refractivity (Wildman–Crippen MR) is 39.7 cm³/mol. The first-order valence-electron chi connectivity index (χ1n) is 3.45. The highest BCUT2D eigenvalue weighted by Gasteiger charge is 2.18. The van der Waals surface area contributed by atoms with Crippen molar-refractivity contribution in [2.75, 3.05) is 13.2 Å². The van der Waals surface area contributed by atoms with Crippen LogP contribution in [0.25, 0.3) is 0 Å². The van der Waals surface area contributed by atoms with Gasteiger partial charge in [0, 0.05) is 6.61 Å². The summed E-state index contributed by atoms with van der Waals surface area (Å²) >= 11 is 4.92. The highest BCUT2D eigenvalue weighted by Crippen LogP contribution is 2.16. The van der Waals surface area contributed by atoms with Crippen molar-refractivity contribution < 1.29 is 4.74 Å². The van der Waals surface area contributed by atoms with Crippen LogP contribution < -0.4 is 0 Å². The molecule has 1 aliphatic rings. The van der Waals surface area contributed by atoms with Crippen molar-refractivity contribution in [1.82, 2.24) is 20.2 Å². The fraction of sp³-hybridized carbons (Fsp3) is 0.800. The second kappa shape index (κ2) is 2.71. The summed E-state index contributed by atoms with van der Waals surface area (Å²) in [6, 6.07) is 0.303. The largest absolute Gasteiger partial charge is 0.379 e. The van der Waals surface area contributed by atoms with Crippen molar-refractivity contribution in [3.8, 4) is 0 Å². The maximum absolute atomic E-state index is 5.19. The fourth-order valence-electron chi connectivity index (χ4n) is 1.17. The van der Waals surface area contributed by atoms with Crippen LogP contribution in [0.5, 0.6) is 0 Å². The molecule has 0 amide bonds. The summed E-state index contributed by atoms with van der Waals surface area (Å²) < 4.78 is 7.46. The third-order valence-electron chi connectivity index (χ3n) is 1.76. The van der Waals surface area contributed by atoms with Crippen LogP contribution in [0.4, 0.5) is 0 Å². The van der Waals surface area contributed by atoms with Crippen molar-refractivity contribution in [1.29, 1.82) is 0 Å². The number of nitrogens with zero attached hydrogens (tertiary/aromatic N) is 3. The van der Waals surface area contributed by atoms with Gasteiger partial charge in [0.1, 0.15) is 0 Å². The number of H-pyrrole nitrogens is 1. The SMILES string of the molecule is S=c1nn[nH]n1C1CCOC1. The second-order valence-electron chi connectivity index (χ2n) is 2.47. The molecule has 1 N–H and O–H groups in total. The Morgan fingerprint density at radius 3 is 3.18 bits per heavy atom. The Morgan fingerprint density at radius 2 is 2.64 bits per heavy atom. The van der Waals surface area contributed by atoms with Crippen LogP contribution >= 0.6 is 12.2 Å². The molecule has 6 heteroatoms. The summed E-state index contributed by atoms with van der Waals surface area (Å²) in [7, 11) is 0. The van der Waals surface area contributed by atoms with Gasteiger partial charge in [-0.15, -0.1) is 0 Å². The standard InChI is InChI=1S/C5H8N4OS/c11-5-6-7-8-9(5)4-1-2-10-3-4/h4H,1-3H2,(H,6,8,11). The van der Waals surface area contributed by atoms with Gasteiger partial charge in [0.15, 0.2) is 0 Å². The summed E-state index contributed by atoms with van der Waals surface area (Å²) in [6.45, 7) is 1.50. The van der Waals surface area contributed by atoms with Gasteiger partial charge in [0.25, 0.3) is 0 Å². The number of tetrazole rings is 1. The number of hydrogen-bond acceptors (Lipinski definition) is 4. The maximum Gasteiger partial charge on any atom is 0.238 e. The summed E-state index contributed by atoms with van der Waals surface area (Å²) in [6.07, 6.45) is 0.984. The molecule has 0 radical (unpaired) electrons. The number of hydrogen-bond donors (Lipinski definition) is 1. The van der Waals surface area contributed by atoms with E-state index in [9.17, 15) is 0 Å². The molecule has 1 fully saturated rings. The van der Waals surface area contributed by atoms with Gasteiger partial charge in [-0.05, 0) is 18.6 Å². The second-order valence-corrected chi connectivity index (χ2v) is 2.84. The van der Waals surface area contributed by atoms with E-state index < -0.39 is 0 Å². The zero-order valence-corrected chi connectivity index (χ0v) is 6.67. The molecule has 1 unspecified atom stereocenters. The normalized spacial score (nSPS) is 24.2. The predicted octanol–water partition coefficient (Wildman–Crippen LogP) is 0.297. The van der Waals surface area contributed by atoms with E-state index in [1.54, 1.807) is 4.68 Å². The molecule has 2 heterocycles. The fourth-order valence-corrected chi connectivity index (χ4v) is 1.40. The molecule has 1 aliphatic heterocycles. The van der Waals surface area contributed by atoms with Crippen molar-refractivity contribution >= 4 is 12.2 Å². The summed E-state index contributed by atoms with van der Waals surface area (Å²) in [5, 5.41) is 9.99. The lowest BCUT2D eigenvalue weighted by atomic mass is 10.3. The highest BCUT2D eigenvalue weighted by molar-refractivity contribution is 7.71. The summed E-state index contributed by atoms with van der Waals surface area (Å²) in [5.74, 6) is 0. The minimum atomic E-state index is 0.303. The minimum absolute atomic E-state index is 0.303. The number of aromatic nitrogens is 4. The first-order valence-corrected chi connectivity index (χ1v) is 3.86. The first kappa shape index (κ1) is 6.93. The van der Waals surface area contributed by atoms with Gasteiger partial charge in [-0.2, -0.15) is 5.21 Å². The zero-order valence-electron chi connectivity index (χ0n) is 5.86. The maximum atomic E-state index is 5.19. The van der Waals surface area contributed by atoms with Crippen LogP contribution in [-0.2, 0) is 4.74 Å². The van der Waals surface area contributed by atoms with Gasteiger partial charge >= 0.3 is 0 Å². The van der Waals surface area contributed by atoms with Gasteiger partial charge in [0.05, 0.1) is 12.6 Å². The van der Waals surface area contributed by atoms with Crippen molar-refractivity contribution in [2.45, 2.75) is 12.5 Å². The lowest BCUT2D eigenvalue weighted by molar-refractivity contribution is 0.184. The van der Waals surface area contributed by atoms with Crippen molar-refractivity contribution in [3.63, 3.8) is 0 Å². The number of rotatable bonds is 1. The highest BCUT2D eigenvalue weighted by atomic mass is 32.1. The van der Waals surface area contributed by atoms with Gasteiger partial charge in [-0.1, -0.05) is 10.3 Å². The molecule has 0 aromatic carbocycles. The molecule has 1 atom stereocenters. The Balaban J connectivity index is 2.28. The molecule has 0 bridgehead atoms. The third kappa shape index (κ3) is 1.19. The van der Waals surface area contributed by atoms with Crippen LogP contribution in [0, 0.1) is 4.77 Å². The molecule has 60 valence electrons. The van der Waals surface area contributed by atoms with Gasteiger partial charge in [-0.25, -0.2) is 4.68 Å². The molecular formula is C5H8N4OS. The van der Waals surface area contributed by atoms with Crippen LogP contribution in [0.1, 0.15) is 12.5 Å². The summed E-state index contributed by atoms with van der Waals surface area (Å²) in [5.41, 5.74) is 0. The van der Waals surface area contributed by atoms with Gasteiger partial charge < -0.3 is 4.74 Å². The van der Waals surface area contributed by atoms with E-state index in [4.69, 9.17) is 17.0 Å². The number of ether oxygens (including phenoxy) is 1. The van der Waals surface area contributed by atoms with Crippen molar-refractivity contribution in [2.24, 2.45) is 0 Å². The molecule has 11 heavy (non-hydrogen) atoms. The number of nitrogens with one attached hydrogen (secondary N) is 1. The molecule has 1 aromatic rings. The van der Waals surface area contributed by atoms with E-state index in [1.165, 1.54) is 0 Å². The van der Waals surface area contributed by atoms with Gasteiger partial charge in [-0.3, -0.25) is 0 Å². The minimum Gasteiger partial charge on any atom is -0.379 e. The molecule has 0 spiro atoms. The zero-order chi connectivity index (χ0) is 7.68. The third-order valence-corrected chi connectivity index (χ3v) is 2.04. The van der Waals surface area contributed by atoms with Crippen LogP contribution in [0.2, 0.25) is 0 Å². The lowest BCUT2D eigenvalue weighted by Gasteiger charge is -2.05. The quantitative estimate of drug-likeness (QED) is 0.619. The molecule has 0 saturated carbocycles. The average molecular weight is 172 g/mol. The smallest absolute Gasteiger partial charge is 0.238 e. The monoisotopic (exact) mass is 172 g/mol. The van der Waals surface area contributed by atoms with Crippen LogP contribution in [0.15, 0.2) is 0 Å². The Hall–Kier alpha value is -0.750. The first-order chi connectivity index (χ1) is 5.38. The molecule has 2 rings (SSSR count). The molecule has 5 nitrogen and oxygen atoms in total. The molecule has 0 aliphatic carbocycles. The van der Waals surface area contributed by atoms with E-state index in [0.29, 0.717) is 17.4 Å². The van der Waals surface area contributed by atoms with E-state index in [2.05, 4.69) is 15.5 Å². The van der Waals surface area contributed by atoms with Crippen molar-refractivity contribution in [3.05, 3.63) is 4.77 Å². The van der Waals surface area contributed by atoms with Crippen LogP contribution in [0.3, 0.4) is 0 Å². The molecule has 1 aromatic heterocycles. The van der Waals surface area contributed by atoms with Gasteiger partial charge in [0.2, 0.25) is 4.77 Å². The lowest BCUT2D eigenvalue weighted by Crippen LogP contribution is -2.10. The van der Waals surface area contributed by atoms with Crippen LogP contribution in [-0.4, -0.2) is 33.4 Å². The number of aromatic amines is 1. The molecule has 1 saturated heterocycles.